The molecule has 0 unspecified atom stereocenters. The highest BCUT2D eigenvalue weighted by Crippen LogP contribution is 2.11. The van der Waals surface area contributed by atoms with E-state index in [0.29, 0.717) is 16.0 Å². The smallest absolute Gasteiger partial charge is 0.204 e. The Hall–Kier alpha value is -1.78. The lowest BCUT2D eigenvalue weighted by Gasteiger charge is -1.92. The summed E-state index contributed by atoms with van der Waals surface area (Å²) in [6.07, 6.45) is 0. The first-order valence-electron chi connectivity index (χ1n) is 3.50. The van der Waals surface area contributed by atoms with Crippen LogP contribution < -0.4 is 10.6 Å². The number of aryl methyl sites for hydroxylation is 1. The fourth-order valence-corrected chi connectivity index (χ4v) is 1.19. The summed E-state index contributed by atoms with van der Waals surface area (Å²) in [4.78, 5) is 0.561. The van der Waals surface area contributed by atoms with E-state index in [2.05, 4.69) is 5.21 Å². The highest BCUT2D eigenvalue weighted by Gasteiger charge is 2.09. The van der Waals surface area contributed by atoms with E-state index in [9.17, 15) is 5.21 Å². The van der Waals surface area contributed by atoms with Crippen molar-refractivity contribution in [3.05, 3.63) is 23.4 Å². The third kappa shape index (κ3) is 0.795. The van der Waals surface area contributed by atoms with Gasteiger partial charge in [-0.05, 0) is 12.1 Å². The molecule has 0 saturated carbocycles. The lowest BCUT2D eigenvalue weighted by molar-refractivity contribution is -0.646. The van der Waals surface area contributed by atoms with Crippen molar-refractivity contribution in [2.45, 2.75) is 0 Å². The molecule has 62 valence electrons. The summed E-state index contributed by atoms with van der Waals surface area (Å²) in [6, 6.07) is 5.12. The molecule has 0 spiro atoms. The molecule has 1 aromatic carbocycles. The third-order valence-corrected chi connectivity index (χ3v) is 1.77. The molecule has 0 fully saturated rings. The highest BCUT2D eigenvalue weighted by molar-refractivity contribution is 5.75. The maximum absolute atomic E-state index is 11.1. The first-order chi connectivity index (χ1) is 5.68. The second-order valence-corrected chi connectivity index (χ2v) is 2.63. The highest BCUT2D eigenvalue weighted by atomic mass is 16.5. The Morgan fingerprint density at radius 1 is 1.58 bits per heavy atom. The Labute approximate surface area is 68.6 Å². The van der Waals surface area contributed by atoms with Crippen molar-refractivity contribution < 1.29 is 4.85 Å². The molecule has 5 heteroatoms. The van der Waals surface area contributed by atoms with Gasteiger partial charge < -0.3 is 10.9 Å². The molecule has 0 aliphatic carbocycles. The number of benzene rings is 1. The second kappa shape index (κ2) is 2.10. The van der Waals surface area contributed by atoms with E-state index in [4.69, 9.17) is 5.73 Å². The molecule has 0 atom stereocenters. The zero-order chi connectivity index (χ0) is 8.72. The minimum Gasteiger partial charge on any atom is -0.691 e. The van der Waals surface area contributed by atoms with Crippen LogP contribution in [0.25, 0.3) is 11.0 Å². The van der Waals surface area contributed by atoms with E-state index in [1.807, 2.05) is 0 Å². The van der Waals surface area contributed by atoms with E-state index in [1.165, 1.54) is 4.68 Å². The van der Waals surface area contributed by atoms with Crippen LogP contribution in [-0.2, 0) is 7.05 Å². The van der Waals surface area contributed by atoms with Gasteiger partial charge >= 0.3 is 0 Å². The van der Waals surface area contributed by atoms with Crippen LogP contribution in [0.15, 0.2) is 18.2 Å². The largest absolute Gasteiger partial charge is 0.691 e. The number of nitrogens with two attached hydrogens (primary N) is 1. The Morgan fingerprint density at radius 2 is 2.33 bits per heavy atom. The first-order valence-corrected chi connectivity index (χ1v) is 3.50. The molecule has 0 amide bonds. The number of nitrogens with zero attached hydrogens (tertiary/aromatic N) is 3. The molecule has 2 aromatic rings. The van der Waals surface area contributed by atoms with E-state index in [-0.39, 0.29) is 0 Å². The predicted octanol–water partition coefficient (Wildman–Crippen LogP) is -0.211. The van der Waals surface area contributed by atoms with Crippen LogP contribution in [0.3, 0.4) is 0 Å². The van der Waals surface area contributed by atoms with Crippen molar-refractivity contribution in [3.63, 3.8) is 0 Å². The number of fused-ring (bicyclic) bond motifs is 1. The lowest BCUT2D eigenvalue weighted by Crippen LogP contribution is -2.29. The molecule has 0 aliphatic rings. The van der Waals surface area contributed by atoms with Crippen molar-refractivity contribution in [3.8, 4) is 0 Å². The first kappa shape index (κ1) is 6.90. The van der Waals surface area contributed by atoms with Gasteiger partial charge in [0.05, 0.1) is 5.21 Å². The maximum Gasteiger partial charge on any atom is 0.204 e. The molecule has 2 rings (SSSR count). The Kier molecular flexibility index (Phi) is 1.21. The third-order valence-electron chi connectivity index (χ3n) is 1.77. The van der Waals surface area contributed by atoms with E-state index < -0.39 is 0 Å². The Balaban J connectivity index is 2.90. The van der Waals surface area contributed by atoms with Crippen LogP contribution in [0.2, 0.25) is 0 Å². The molecular formula is C7H8N4O. The average molecular weight is 164 g/mol. The number of anilines is 1. The number of rotatable bonds is 0. The predicted molar refractivity (Wildman–Crippen MR) is 44.1 cm³/mol. The van der Waals surface area contributed by atoms with Crippen molar-refractivity contribution >= 4 is 16.7 Å². The van der Waals surface area contributed by atoms with Gasteiger partial charge in [0.25, 0.3) is 0 Å². The van der Waals surface area contributed by atoms with Gasteiger partial charge in [-0.15, -0.1) is 9.53 Å². The minimum absolute atomic E-state index is 0.498. The molecule has 5 nitrogen and oxygen atoms in total. The number of nitrogen functional groups attached to an aromatic ring is 1. The number of aromatic nitrogens is 3. The van der Waals surface area contributed by atoms with E-state index in [0.717, 1.165) is 5.52 Å². The van der Waals surface area contributed by atoms with Gasteiger partial charge in [-0.1, -0.05) is 0 Å². The molecule has 0 saturated heterocycles. The molecule has 12 heavy (non-hydrogen) atoms. The van der Waals surface area contributed by atoms with Crippen LogP contribution in [-0.4, -0.2) is 9.90 Å². The van der Waals surface area contributed by atoms with Crippen LogP contribution in [0, 0.1) is 5.21 Å². The van der Waals surface area contributed by atoms with Crippen LogP contribution >= 0.6 is 0 Å². The Morgan fingerprint density at radius 3 is 3.08 bits per heavy atom. The maximum atomic E-state index is 11.1. The van der Waals surface area contributed by atoms with Crippen LogP contribution in [0.4, 0.5) is 5.69 Å². The van der Waals surface area contributed by atoms with Gasteiger partial charge in [-0.2, -0.15) is 0 Å². The van der Waals surface area contributed by atoms with Gasteiger partial charge in [0, 0.05) is 11.8 Å². The van der Waals surface area contributed by atoms with Crippen molar-refractivity contribution in [1.82, 2.24) is 9.90 Å². The summed E-state index contributed by atoms with van der Waals surface area (Å²) in [7, 11) is 1.72. The molecular weight excluding hydrogens is 156 g/mol. The normalized spacial score (nSPS) is 10.8. The Bertz CT molecular complexity index is 434. The topological polar surface area (TPSA) is 70.8 Å². The van der Waals surface area contributed by atoms with Crippen molar-refractivity contribution in [1.29, 1.82) is 0 Å². The summed E-state index contributed by atoms with van der Waals surface area (Å²) >= 11 is 0. The fraction of sp³-hybridized carbons (Fsp3) is 0.143. The second-order valence-electron chi connectivity index (χ2n) is 2.63. The zero-order valence-corrected chi connectivity index (χ0v) is 6.56. The molecule has 0 aliphatic heterocycles. The van der Waals surface area contributed by atoms with Gasteiger partial charge in [-0.25, -0.2) is 0 Å². The fourth-order valence-electron chi connectivity index (χ4n) is 1.19. The van der Waals surface area contributed by atoms with E-state index in [1.54, 1.807) is 25.2 Å². The summed E-state index contributed by atoms with van der Waals surface area (Å²) in [5.74, 6) is 0. The van der Waals surface area contributed by atoms with Crippen molar-refractivity contribution in [2.75, 3.05) is 5.73 Å². The number of hydrogen-bond acceptors (Lipinski definition) is 3. The number of hydrogen-bond donors (Lipinski definition) is 1. The summed E-state index contributed by atoms with van der Waals surface area (Å²) in [5.41, 5.74) is 7.36. The zero-order valence-electron chi connectivity index (χ0n) is 6.56. The molecule has 0 bridgehead atoms. The molecule has 1 heterocycles. The van der Waals surface area contributed by atoms with Crippen molar-refractivity contribution in [2.24, 2.45) is 7.05 Å². The minimum atomic E-state index is 0.498. The van der Waals surface area contributed by atoms with Gasteiger partial charge in [-0.3, -0.25) is 0 Å². The average Bonchev–Trinajstić information content (AvgIpc) is 2.28. The molecule has 1 aromatic heterocycles. The molecule has 0 radical (unpaired) electrons. The van der Waals surface area contributed by atoms with Crippen LogP contribution in [0.1, 0.15) is 0 Å². The summed E-state index contributed by atoms with van der Waals surface area (Å²) in [6.45, 7) is 0. The molecule has 2 N–H and O–H groups in total. The summed E-state index contributed by atoms with van der Waals surface area (Å²) < 4.78 is 1.52. The van der Waals surface area contributed by atoms with E-state index >= 15 is 0 Å². The van der Waals surface area contributed by atoms with Gasteiger partial charge in [0.2, 0.25) is 5.52 Å². The quantitative estimate of drug-likeness (QED) is 0.332. The SMILES string of the molecule is Cn1n[n+]([O-])c2cc(N)ccc21. The monoisotopic (exact) mass is 164 g/mol. The lowest BCUT2D eigenvalue weighted by atomic mass is 10.3. The van der Waals surface area contributed by atoms with Gasteiger partial charge in [0.15, 0.2) is 5.52 Å². The summed E-state index contributed by atoms with van der Waals surface area (Å²) in [5, 5.41) is 14.7. The van der Waals surface area contributed by atoms with Gasteiger partial charge in [0.1, 0.15) is 7.05 Å². The van der Waals surface area contributed by atoms with Crippen LogP contribution in [0.5, 0.6) is 0 Å². The standard InChI is InChI=1S/C7H8N4O/c1-10-6-3-2-5(8)4-7(6)11(12)9-10/h2-4H,8H2,1H3.